The number of fused-ring (bicyclic) bond motifs is 1. The molecule has 0 amide bonds. The molecule has 0 saturated carbocycles. The molecule has 0 aliphatic carbocycles. The van der Waals surface area contributed by atoms with Gasteiger partial charge in [0.25, 0.3) is 0 Å². The smallest absolute Gasteiger partial charge is 0.0921 e. The number of nitrogens with two attached hydrogens (primary N) is 2. The summed E-state index contributed by atoms with van der Waals surface area (Å²) in [5, 5.41) is 1.42. The molecule has 3 nitrogen and oxygen atoms in total. The molecule has 0 spiro atoms. The second kappa shape index (κ2) is 3.43. The van der Waals surface area contributed by atoms with Crippen molar-refractivity contribution in [3.05, 3.63) is 26.9 Å². The molecule has 0 fully saturated rings. The van der Waals surface area contributed by atoms with Gasteiger partial charge >= 0.3 is 0 Å². The average molecular weight is 320 g/mol. The summed E-state index contributed by atoms with van der Waals surface area (Å²) in [6, 6.07) is 3.69. The van der Waals surface area contributed by atoms with Crippen molar-refractivity contribution in [3.63, 3.8) is 0 Å². The fourth-order valence-corrected chi connectivity index (χ4v) is 2.20. The molecule has 1 aromatic heterocycles. The molecule has 2 rings (SSSR count). The van der Waals surface area contributed by atoms with Gasteiger partial charge in [-0.05, 0) is 34.7 Å². The number of aromatic nitrogens is 1. The molecule has 0 radical (unpaired) electrons. The molecule has 1 aromatic carbocycles. The molecule has 72 valence electrons. The first-order valence-corrected chi connectivity index (χ1v) is 5.34. The summed E-state index contributed by atoms with van der Waals surface area (Å²) in [4.78, 5) is 4.16. The molecule has 5 heteroatoms. The summed E-state index contributed by atoms with van der Waals surface area (Å²) < 4.78 is 0.999. The van der Waals surface area contributed by atoms with Gasteiger partial charge in [-0.3, -0.25) is 4.98 Å². The third kappa shape index (κ3) is 1.38. The summed E-state index contributed by atoms with van der Waals surface area (Å²) in [6.45, 7) is 0. The molecule has 4 N–H and O–H groups in total. The van der Waals surface area contributed by atoms with Gasteiger partial charge in [-0.1, -0.05) is 11.6 Å². The van der Waals surface area contributed by atoms with Gasteiger partial charge < -0.3 is 11.5 Å². The van der Waals surface area contributed by atoms with Crippen LogP contribution < -0.4 is 11.5 Å². The fourth-order valence-electron chi connectivity index (χ4n) is 1.27. The maximum absolute atomic E-state index is 5.99. The number of rotatable bonds is 0. The van der Waals surface area contributed by atoms with E-state index >= 15 is 0 Å². The van der Waals surface area contributed by atoms with Crippen molar-refractivity contribution < 1.29 is 0 Å². The minimum absolute atomic E-state index is 0.484. The van der Waals surface area contributed by atoms with E-state index in [1.54, 1.807) is 6.07 Å². The van der Waals surface area contributed by atoms with Gasteiger partial charge in [0.2, 0.25) is 0 Å². The summed E-state index contributed by atoms with van der Waals surface area (Å²) in [6.07, 6.45) is 1.53. The van der Waals surface area contributed by atoms with E-state index in [9.17, 15) is 0 Å². The van der Waals surface area contributed by atoms with Crippen LogP contribution in [-0.2, 0) is 0 Å². The van der Waals surface area contributed by atoms with Crippen LogP contribution in [0.2, 0.25) is 5.02 Å². The minimum Gasteiger partial charge on any atom is -0.396 e. The Morgan fingerprint density at radius 1 is 1.29 bits per heavy atom. The van der Waals surface area contributed by atoms with Gasteiger partial charge in [-0.2, -0.15) is 0 Å². The minimum atomic E-state index is 0.484. The second-order valence-electron chi connectivity index (χ2n) is 2.88. The van der Waals surface area contributed by atoms with Crippen LogP contribution in [-0.4, -0.2) is 4.98 Å². The monoisotopic (exact) mass is 319 g/mol. The standard InChI is InChI=1S/C9H7ClIN3/c10-4-1-2-5(11)7-8(13)6(12)3-14-9(4)7/h1-3H,12H2,(H2,13,14). The first kappa shape index (κ1) is 9.79. The zero-order valence-electron chi connectivity index (χ0n) is 7.09. The number of hydrogen-bond acceptors (Lipinski definition) is 3. The normalized spacial score (nSPS) is 10.7. The van der Waals surface area contributed by atoms with Gasteiger partial charge in [0.15, 0.2) is 0 Å². The van der Waals surface area contributed by atoms with Crippen molar-refractivity contribution in [1.82, 2.24) is 4.98 Å². The lowest BCUT2D eigenvalue weighted by molar-refractivity contribution is 1.41. The fraction of sp³-hybridized carbons (Fsp3) is 0. The lowest BCUT2D eigenvalue weighted by atomic mass is 10.2. The van der Waals surface area contributed by atoms with Gasteiger partial charge in [-0.25, -0.2) is 0 Å². The van der Waals surface area contributed by atoms with Crippen LogP contribution in [0.15, 0.2) is 18.3 Å². The van der Waals surface area contributed by atoms with Crippen molar-refractivity contribution >= 4 is 56.5 Å². The SMILES string of the molecule is Nc1cnc2c(Cl)ccc(I)c2c1N. The van der Waals surface area contributed by atoms with Crippen molar-refractivity contribution in [3.8, 4) is 0 Å². The molecule has 14 heavy (non-hydrogen) atoms. The first-order valence-electron chi connectivity index (χ1n) is 3.89. The Kier molecular flexibility index (Phi) is 2.40. The van der Waals surface area contributed by atoms with E-state index in [0.29, 0.717) is 21.9 Å². The number of anilines is 2. The van der Waals surface area contributed by atoms with Crippen molar-refractivity contribution in [2.75, 3.05) is 11.5 Å². The Morgan fingerprint density at radius 2 is 2.00 bits per heavy atom. The molecule has 0 unspecified atom stereocenters. The third-order valence-electron chi connectivity index (χ3n) is 1.99. The summed E-state index contributed by atoms with van der Waals surface area (Å²) in [5.74, 6) is 0. The van der Waals surface area contributed by atoms with E-state index in [2.05, 4.69) is 27.6 Å². The molecule has 0 aliphatic heterocycles. The van der Waals surface area contributed by atoms with Crippen LogP contribution in [0.4, 0.5) is 11.4 Å². The number of nitrogen functional groups attached to an aromatic ring is 2. The van der Waals surface area contributed by atoms with E-state index in [4.69, 9.17) is 23.1 Å². The van der Waals surface area contributed by atoms with Crippen LogP contribution in [0.5, 0.6) is 0 Å². The summed E-state index contributed by atoms with van der Waals surface area (Å²) >= 11 is 8.17. The highest BCUT2D eigenvalue weighted by molar-refractivity contribution is 14.1. The first-order chi connectivity index (χ1) is 6.61. The lowest BCUT2D eigenvalue weighted by Gasteiger charge is -2.07. The Bertz CT molecular complexity index is 513. The number of benzene rings is 1. The highest BCUT2D eigenvalue weighted by Gasteiger charge is 2.09. The third-order valence-corrected chi connectivity index (χ3v) is 3.19. The predicted molar refractivity (Wildman–Crippen MR) is 68.3 cm³/mol. The maximum atomic E-state index is 5.99. The van der Waals surface area contributed by atoms with Crippen LogP contribution in [0, 0.1) is 3.57 Å². The van der Waals surface area contributed by atoms with Crippen LogP contribution in [0.1, 0.15) is 0 Å². The van der Waals surface area contributed by atoms with Gasteiger partial charge in [0.1, 0.15) is 0 Å². The highest BCUT2D eigenvalue weighted by atomic mass is 127. The summed E-state index contributed by atoms with van der Waals surface area (Å²) in [7, 11) is 0. The van der Waals surface area contributed by atoms with Crippen molar-refractivity contribution in [2.24, 2.45) is 0 Å². The highest BCUT2D eigenvalue weighted by Crippen LogP contribution is 2.32. The summed E-state index contributed by atoms with van der Waals surface area (Å²) in [5.41, 5.74) is 13.3. The second-order valence-corrected chi connectivity index (χ2v) is 4.45. The molecule has 0 saturated heterocycles. The largest absolute Gasteiger partial charge is 0.396 e. The molecule has 1 heterocycles. The number of nitrogens with zero attached hydrogens (tertiary/aromatic N) is 1. The van der Waals surface area contributed by atoms with Gasteiger partial charge in [0.05, 0.1) is 28.1 Å². The topological polar surface area (TPSA) is 64.9 Å². The Morgan fingerprint density at radius 3 is 2.71 bits per heavy atom. The molecular weight excluding hydrogens is 312 g/mol. The van der Waals surface area contributed by atoms with E-state index in [0.717, 1.165) is 8.96 Å². The van der Waals surface area contributed by atoms with E-state index < -0.39 is 0 Å². The van der Waals surface area contributed by atoms with Crippen LogP contribution in [0.25, 0.3) is 10.9 Å². The number of halogens is 2. The van der Waals surface area contributed by atoms with E-state index in [-0.39, 0.29) is 0 Å². The number of pyridine rings is 1. The van der Waals surface area contributed by atoms with E-state index in [1.165, 1.54) is 6.20 Å². The Labute approximate surface area is 99.6 Å². The van der Waals surface area contributed by atoms with Crippen molar-refractivity contribution in [1.29, 1.82) is 0 Å². The Balaban J connectivity index is 3.01. The zero-order chi connectivity index (χ0) is 10.3. The quantitative estimate of drug-likeness (QED) is 0.734. The van der Waals surface area contributed by atoms with Crippen LogP contribution >= 0.6 is 34.2 Å². The zero-order valence-corrected chi connectivity index (χ0v) is 10.0. The predicted octanol–water partition coefficient (Wildman–Crippen LogP) is 2.66. The Hall–Kier alpha value is -0.750. The van der Waals surface area contributed by atoms with Gasteiger partial charge in [0, 0.05) is 8.96 Å². The molecule has 0 bridgehead atoms. The molecule has 0 atom stereocenters. The molecule has 0 aliphatic rings. The van der Waals surface area contributed by atoms with Crippen LogP contribution in [0.3, 0.4) is 0 Å². The molecular formula is C9H7ClIN3. The van der Waals surface area contributed by atoms with Crippen molar-refractivity contribution in [2.45, 2.75) is 0 Å². The number of hydrogen-bond donors (Lipinski definition) is 2. The lowest BCUT2D eigenvalue weighted by Crippen LogP contribution is -1.98. The van der Waals surface area contributed by atoms with Gasteiger partial charge in [-0.15, -0.1) is 0 Å². The molecule has 2 aromatic rings. The maximum Gasteiger partial charge on any atom is 0.0921 e. The van der Waals surface area contributed by atoms with E-state index in [1.807, 2.05) is 6.07 Å². The average Bonchev–Trinajstić information content (AvgIpc) is 2.16.